The van der Waals surface area contributed by atoms with Crippen LogP contribution in [0.1, 0.15) is 27.8 Å². The minimum Gasteiger partial charge on any atom is -0.493 e. The molecule has 0 atom stereocenters. The first-order valence-electron chi connectivity index (χ1n) is 9.25. The van der Waals surface area contributed by atoms with E-state index in [2.05, 4.69) is 73.8 Å². The highest BCUT2D eigenvalue weighted by Gasteiger charge is 2.06. The Morgan fingerprint density at radius 3 is 1.82 bits per heavy atom. The molecule has 0 unspecified atom stereocenters. The summed E-state index contributed by atoms with van der Waals surface area (Å²) >= 11 is 0. The Balaban J connectivity index is 0.00000280. The van der Waals surface area contributed by atoms with Gasteiger partial charge in [-0.1, -0.05) is 65.7 Å². The van der Waals surface area contributed by atoms with Crippen molar-refractivity contribution in [3.8, 4) is 11.5 Å². The number of hydrogen-bond acceptors (Lipinski definition) is 3. The largest absolute Gasteiger partial charge is 0.493 e. The second-order valence-corrected chi connectivity index (χ2v) is 6.85. The molecule has 0 saturated carbocycles. The summed E-state index contributed by atoms with van der Waals surface area (Å²) in [5.41, 5.74) is 6.13. The van der Waals surface area contributed by atoms with Crippen molar-refractivity contribution >= 4 is 12.4 Å². The van der Waals surface area contributed by atoms with E-state index >= 15 is 0 Å². The van der Waals surface area contributed by atoms with Crippen molar-refractivity contribution in [2.45, 2.75) is 33.5 Å². The smallest absolute Gasteiger partial charge is 0.161 e. The summed E-state index contributed by atoms with van der Waals surface area (Å²) < 4.78 is 11.5. The van der Waals surface area contributed by atoms with Crippen LogP contribution in [-0.4, -0.2) is 7.11 Å². The molecule has 3 aromatic carbocycles. The molecule has 3 nitrogen and oxygen atoms in total. The zero-order valence-corrected chi connectivity index (χ0v) is 17.5. The third-order valence-electron chi connectivity index (χ3n) is 4.52. The van der Waals surface area contributed by atoms with Gasteiger partial charge in [0.05, 0.1) is 7.11 Å². The van der Waals surface area contributed by atoms with Crippen molar-refractivity contribution < 1.29 is 9.47 Å². The highest BCUT2D eigenvalue weighted by atomic mass is 35.5. The van der Waals surface area contributed by atoms with Gasteiger partial charge in [0.15, 0.2) is 11.5 Å². The average Bonchev–Trinajstić information content (AvgIpc) is 2.69. The number of benzene rings is 3. The molecular formula is C24H28ClNO2. The first-order valence-corrected chi connectivity index (χ1v) is 9.25. The Morgan fingerprint density at radius 2 is 1.21 bits per heavy atom. The van der Waals surface area contributed by atoms with Gasteiger partial charge >= 0.3 is 0 Å². The fourth-order valence-electron chi connectivity index (χ4n) is 2.84. The van der Waals surface area contributed by atoms with Crippen molar-refractivity contribution in [2.75, 3.05) is 7.11 Å². The minimum atomic E-state index is 0. The highest BCUT2D eigenvalue weighted by Crippen LogP contribution is 2.29. The quantitative estimate of drug-likeness (QED) is 0.536. The van der Waals surface area contributed by atoms with Crippen LogP contribution in [0.3, 0.4) is 0 Å². The van der Waals surface area contributed by atoms with Gasteiger partial charge in [0.1, 0.15) is 6.61 Å². The molecule has 0 radical (unpaired) electrons. The third-order valence-corrected chi connectivity index (χ3v) is 4.52. The maximum absolute atomic E-state index is 5.95. The molecule has 148 valence electrons. The van der Waals surface area contributed by atoms with Gasteiger partial charge in [-0.25, -0.2) is 0 Å². The molecule has 4 heteroatoms. The summed E-state index contributed by atoms with van der Waals surface area (Å²) in [6.45, 7) is 6.34. The molecule has 3 aromatic rings. The van der Waals surface area contributed by atoms with Crippen LogP contribution in [0.4, 0.5) is 0 Å². The first kappa shape index (κ1) is 21.8. The van der Waals surface area contributed by atoms with Crippen LogP contribution in [0.5, 0.6) is 11.5 Å². The molecular weight excluding hydrogens is 370 g/mol. The summed E-state index contributed by atoms with van der Waals surface area (Å²) in [4.78, 5) is 0. The molecule has 1 N–H and O–H groups in total. The Hall–Kier alpha value is -2.49. The molecule has 0 amide bonds. The molecule has 0 spiro atoms. The van der Waals surface area contributed by atoms with E-state index in [9.17, 15) is 0 Å². The number of hydrogen-bond donors (Lipinski definition) is 1. The second-order valence-electron chi connectivity index (χ2n) is 6.85. The van der Waals surface area contributed by atoms with Gasteiger partial charge in [-0.2, -0.15) is 0 Å². The van der Waals surface area contributed by atoms with Gasteiger partial charge < -0.3 is 14.8 Å². The third kappa shape index (κ3) is 6.29. The minimum absolute atomic E-state index is 0. The van der Waals surface area contributed by atoms with Crippen molar-refractivity contribution in [2.24, 2.45) is 0 Å². The van der Waals surface area contributed by atoms with Gasteiger partial charge in [-0.3, -0.25) is 0 Å². The van der Waals surface area contributed by atoms with E-state index < -0.39 is 0 Å². The molecule has 0 saturated heterocycles. The van der Waals surface area contributed by atoms with Gasteiger partial charge in [0, 0.05) is 13.1 Å². The lowest BCUT2D eigenvalue weighted by atomic mass is 10.1. The molecule has 0 fully saturated rings. The standard InChI is InChI=1S/C24H27NO2.ClH/c1-18-4-8-20(9-5-18)15-25-16-22-12-13-23(24(14-22)26-3)27-17-21-10-6-19(2)7-11-21;/h4-14,25H,15-17H2,1-3H3;1H. The van der Waals surface area contributed by atoms with E-state index in [1.165, 1.54) is 22.3 Å². The molecule has 0 aromatic heterocycles. The van der Waals surface area contributed by atoms with E-state index in [0.717, 1.165) is 30.2 Å². The zero-order chi connectivity index (χ0) is 19.1. The summed E-state index contributed by atoms with van der Waals surface area (Å²) in [5.74, 6) is 1.53. The number of ether oxygens (including phenoxy) is 2. The Morgan fingerprint density at radius 1 is 0.679 bits per heavy atom. The monoisotopic (exact) mass is 397 g/mol. The summed E-state index contributed by atoms with van der Waals surface area (Å²) in [7, 11) is 1.68. The topological polar surface area (TPSA) is 30.5 Å². The lowest BCUT2D eigenvalue weighted by Crippen LogP contribution is -2.12. The van der Waals surface area contributed by atoms with E-state index in [4.69, 9.17) is 9.47 Å². The summed E-state index contributed by atoms with van der Waals surface area (Å²) in [6.07, 6.45) is 0. The molecule has 0 aliphatic rings. The van der Waals surface area contributed by atoms with Crippen LogP contribution in [0.25, 0.3) is 0 Å². The first-order chi connectivity index (χ1) is 13.1. The molecule has 0 aliphatic carbocycles. The maximum atomic E-state index is 5.95. The van der Waals surface area contributed by atoms with E-state index in [1.54, 1.807) is 7.11 Å². The number of methoxy groups -OCH3 is 1. The zero-order valence-electron chi connectivity index (χ0n) is 16.7. The van der Waals surface area contributed by atoms with Crippen LogP contribution < -0.4 is 14.8 Å². The van der Waals surface area contributed by atoms with E-state index in [0.29, 0.717) is 6.61 Å². The predicted octanol–water partition coefficient (Wildman–Crippen LogP) is 5.60. The van der Waals surface area contributed by atoms with E-state index in [-0.39, 0.29) is 12.4 Å². The lowest BCUT2D eigenvalue weighted by Gasteiger charge is -2.13. The second kappa shape index (κ2) is 10.7. The SMILES string of the molecule is COc1cc(CNCc2ccc(C)cc2)ccc1OCc1ccc(C)cc1.Cl. The van der Waals surface area contributed by atoms with Crippen LogP contribution in [0.2, 0.25) is 0 Å². The molecule has 28 heavy (non-hydrogen) atoms. The summed E-state index contributed by atoms with van der Waals surface area (Å²) in [5, 5.41) is 3.47. The number of rotatable bonds is 8. The van der Waals surface area contributed by atoms with Crippen LogP contribution >= 0.6 is 12.4 Å². The molecule has 3 rings (SSSR count). The van der Waals surface area contributed by atoms with Gasteiger partial charge in [0.2, 0.25) is 0 Å². The molecule has 0 bridgehead atoms. The maximum Gasteiger partial charge on any atom is 0.161 e. The summed E-state index contributed by atoms with van der Waals surface area (Å²) in [6, 6.07) is 23.1. The fourth-order valence-corrected chi connectivity index (χ4v) is 2.84. The predicted molar refractivity (Wildman–Crippen MR) is 117 cm³/mol. The van der Waals surface area contributed by atoms with Gasteiger partial charge in [-0.15, -0.1) is 12.4 Å². The van der Waals surface area contributed by atoms with Gasteiger partial charge in [0.25, 0.3) is 0 Å². The van der Waals surface area contributed by atoms with Gasteiger partial charge in [-0.05, 0) is 42.7 Å². The van der Waals surface area contributed by atoms with Crippen LogP contribution in [0.15, 0.2) is 66.7 Å². The lowest BCUT2D eigenvalue weighted by molar-refractivity contribution is 0.284. The van der Waals surface area contributed by atoms with Crippen LogP contribution in [0, 0.1) is 13.8 Å². The highest BCUT2D eigenvalue weighted by molar-refractivity contribution is 5.85. The van der Waals surface area contributed by atoms with Crippen molar-refractivity contribution in [1.29, 1.82) is 0 Å². The van der Waals surface area contributed by atoms with Crippen molar-refractivity contribution in [3.63, 3.8) is 0 Å². The number of aryl methyl sites for hydroxylation is 2. The Kier molecular flexibility index (Phi) is 8.37. The number of halogens is 1. The van der Waals surface area contributed by atoms with E-state index in [1.807, 2.05) is 12.1 Å². The van der Waals surface area contributed by atoms with Crippen molar-refractivity contribution in [3.05, 3.63) is 94.5 Å². The average molecular weight is 398 g/mol. The Labute approximate surface area is 174 Å². The molecule has 0 aliphatic heterocycles. The fraction of sp³-hybridized carbons (Fsp3) is 0.250. The number of nitrogens with one attached hydrogen (secondary N) is 1. The van der Waals surface area contributed by atoms with Crippen molar-refractivity contribution in [1.82, 2.24) is 5.32 Å². The Bertz CT molecular complexity index is 861. The molecule has 0 heterocycles. The normalized spacial score (nSPS) is 10.2. The van der Waals surface area contributed by atoms with Crippen LogP contribution in [-0.2, 0) is 19.7 Å².